The van der Waals surface area contributed by atoms with Crippen LogP contribution in [-0.4, -0.2) is 96.6 Å². The third-order valence-electron chi connectivity index (χ3n) is 13.8. The maximum Gasteiger partial charge on any atom is 0.524 e. The van der Waals surface area contributed by atoms with E-state index in [9.17, 15) is 39.3 Å². The fourth-order valence-corrected chi connectivity index (χ4v) is 13.9. The molecule has 0 spiro atoms. The Morgan fingerprint density at radius 2 is 1.87 bits per heavy atom. The van der Waals surface area contributed by atoms with Gasteiger partial charge >= 0.3 is 7.82 Å². The highest BCUT2D eigenvalue weighted by Gasteiger charge is 2.79. The third kappa shape index (κ3) is 6.94. The van der Waals surface area contributed by atoms with Gasteiger partial charge in [-0.2, -0.15) is 0 Å². The molecule has 1 unspecified atom stereocenters. The van der Waals surface area contributed by atoms with E-state index in [-0.39, 0.29) is 46.2 Å². The van der Waals surface area contributed by atoms with Crippen molar-refractivity contribution in [2.75, 3.05) is 24.7 Å². The summed E-state index contributed by atoms with van der Waals surface area (Å²) in [5, 5.41) is 36.4. The molecular weight excluding hydrogens is 752 g/mol. The molecule has 0 aromatic heterocycles. The highest BCUT2D eigenvalue weighted by molar-refractivity contribution is 7.96. The molecule has 1 aromatic rings. The van der Waals surface area contributed by atoms with E-state index in [2.05, 4.69) is 5.32 Å². The van der Waals surface area contributed by atoms with E-state index in [1.54, 1.807) is 25.1 Å². The Bertz CT molecular complexity index is 1810. The maximum atomic E-state index is 17.7. The van der Waals surface area contributed by atoms with Crippen LogP contribution in [0.4, 0.5) is 4.39 Å². The fraction of sp³-hybridized carbons (Fsp3) is 0.700. The number of aliphatic hydroxyl groups excluding tert-OH is 3. The second-order valence-electron chi connectivity index (χ2n) is 18.0. The van der Waals surface area contributed by atoms with Gasteiger partial charge in [-0.15, -0.1) is 0 Å². The number of rotatable bonds is 10. The van der Waals surface area contributed by atoms with Crippen LogP contribution in [-0.2, 0) is 40.3 Å². The van der Waals surface area contributed by atoms with E-state index in [1.807, 2.05) is 27.7 Å². The predicted octanol–water partition coefficient (Wildman–Crippen LogP) is 4.13. The molecule has 0 bridgehead atoms. The topological polar surface area (TPSA) is 192 Å². The lowest BCUT2D eigenvalue weighted by Gasteiger charge is -2.62. The number of hydrogen-bond acceptors (Lipinski definition) is 10. The highest BCUT2D eigenvalue weighted by atomic mass is 32.2. The molecule has 2 aliphatic heterocycles. The van der Waals surface area contributed by atoms with E-state index in [0.29, 0.717) is 61.1 Å². The van der Waals surface area contributed by atoms with Crippen LogP contribution in [0.3, 0.4) is 0 Å². The summed E-state index contributed by atoms with van der Waals surface area (Å²) in [6, 6.07) is 4.86. The van der Waals surface area contributed by atoms with E-state index in [1.165, 1.54) is 18.2 Å². The van der Waals surface area contributed by atoms with Crippen molar-refractivity contribution in [3.8, 4) is 5.75 Å². The van der Waals surface area contributed by atoms with Crippen molar-refractivity contribution in [3.63, 3.8) is 0 Å². The van der Waals surface area contributed by atoms with Gasteiger partial charge < -0.3 is 34.6 Å². The minimum absolute atomic E-state index is 0.0686. The predicted molar refractivity (Wildman–Crippen MR) is 204 cm³/mol. The van der Waals surface area contributed by atoms with Gasteiger partial charge in [-0.25, -0.2) is 8.96 Å². The van der Waals surface area contributed by atoms with E-state index >= 15 is 4.39 Å². The molecule has 2 saturated heterocycles. The Hall–Kier alpha value is -1.97. The SMILES string of the molecule is CC(C)(C)NCC(O)c1ccc(OP(=O)(O)O)c(C[S+]2CCC([C@@H]3O[C@@H]4C[C@H]5[C@@H]6CCC7=CC(=O)C=C[C@]7(C)[C@@]6(F)[C@@H](O)C[C@]5(C)[C@]4(C(=O)CO)O3)CC2)c1. The van der Waals surface area contributed by atoms with Crippen molar-refractivity contribution >= 4 is 30.3 Å². The number of benzene rings is 1. The molecule has 0 radical (unpaired) electrons. The van der Waals surface area contributed by atoms with Gasteiger partial charge in [-0.1, -0.05) is 24.6 Å². The monoisotopic (exact) mass is 808 g/mol. The van der Waals surface area contributed by atoms with Crippen molar-refractivity contribution < 1.29 is 57.6 Å². The second kappa shape index (κ2) is 14.4. The fourth-order valence-electron chi connectivity index (χ4n) is 11.0. The first-order valence-corrected chi connectivity index (χ1v) is 22.7. The average molecular weight is 809 g/mol. The molecule has 304 valence electrons. The summed E-state index contributed by atoms with van der Waals surface area (Å²) in [6.07, 6.45) is 3.24. The highest BCUT2D eigenvalue weighted by Crippen LogP contribution is 2.72. The number of carbonyl (C=O) groups is 2. The number of aliphatic hydroxyl groups is 3. The van der Waals surface area contributed by atoms with Crippen LogP contribution in [0.2, 0.25) is 0 Å². The number of phosphoric ester groups is 1. The molecule has 0 amide bonds. The number of hydrogen-bond donors (Lipinski definition) is 6. The van der Waals surface area contributed by atoms with Gasteiger partial charge in [-0.3, -0.25) is 19.4 Å². The summed E-state index contributed by atoms with van der Waals surface area (Å²) in [6.45, 7) is 9.13. The molecule has 6 aliphatic rings. The number of nitrogens with one attached hydrogen (secondary N) is 1. The number of Topliss-reactive ketones (excluding diaryl/α,β-unsaturated/α-hetero) is 1. The van der Waals surface area contributed by atoms with Gasteiger partial charge in [0.15, 0.2) is 29.1 Å². The van der Waals surface area contributed by atoms with Crippen LogP contribution >= 0.6 is 7.82 Å². The summed E-state index contributed by atoms with van der Waals surface area (Å²) < 4.78 is 48.1. The van der Waals surface area contributed by atoms with Crippen LogP contribution in [0.25, 0.3) is 0 Å². The van der Waals surface area contributed by atoms with Gasteiger partial charge in [0.1, 0.15) is 29.6 Å². The summed E-state index contributed by atoms with van der Waals surface area (Å²) in [5.74, 6) is 0.251. The average Bonchev–Trinajstić information content (AvgIpc) is 3.61. The van der Waals surface area contributed by atoms with Crippen LogP contribution in [0.1, 0.15) is 90.4 Å². The number of β-amino-alcohol motifs (C(OH)–C–C–N with tert-alkyl or cyclic N) is 1. The normalized spacial score (nSPS) is 40.5. The van der Waals surface area contributed by atoms with Crippen molar-refractivity contribution in [2.24, 2.45) is 28.6 Å². The van der Waals surface area contributed by atoms with Gasteiger partial charge in [0, 0.05) is 40.3 Å². The Balaban J connectivity index is 1.07. The van der Waals surface area contributed by atoms with Crippen molar-refractivity contribution in [1.82, 2.24) is 5.32 Å². The lowest BCUT2D eigenvalue weighted by molar-refractivity contribution is -0.235. The number of halogens is 1. The summed E-state index contributed by atoms with van der Waals surface area (Å²) in [7, 11) is -5.05. The molecule has 4 aliphatic carbocycles. The summed E-state index contributed by atoms with van der Waals surface area (Å²) >= 11 is 0. The first-order chi connectivity index (χ1) is 25.6. The van der Waals surface area contributed by atoms with Crippen LogP contribution in [0.15, 0.2) is 42.0 Å². The van der Waals surface area contributed by atoms with E-state index in [0.717, 1.165) is 11.5 Å². The molecule has 6 N–H and O–H groups in total. The zero-order valence-electron chi connectivity index (χ0n) is 32.2. The van der Waals surface area contributed by atoms with Crippen molar-refractivity contribution in [2.45, 2.75) is 120 Å². The van der Waals surface area contributed by atoms with E-state index in [4.69, 9.17) is 14.0 Å². The van der Waals surface area contributed by atoms with Gasteiger partial charge in [-0.05, 0) is 113 Å². The first kappa shape index (κ1) is 41.2. The van der Waals surface area contributed by atoms with Gasteiger partial charge in [0.25, 0.3) is 0 Å². The number of allylic oxidation sites excluding steroid dienone is 4. The van der Waals surface area contributed by atoms with Crippen molar-refractivity contribution in [3.05, 3.63) is 53.1 Å². The van der Waals surface area contributed by atoms with E-state index < -0.39 is 72.8 Å². The molecule has 55 heavy (non-hydrogen) atoms. The Kier molecular flexibility index (Phi) is 10.8. The largest absolute Gasteiger partial charge is 0.524 e. The molecule has 3 saturated carbocycles. The van der Waals surface area contributed by atoms with Crippen LogP contribution in [0, 0.1) is 28.6 Å². The molecule has 7 rings (SSSR count). The lowest BCUT2D eigenvalue weighted by atomic mass is 9.44. The zero-order valence-corrected chi connectivity index (χ0v) is 33.9. The number of alkyl halides is 1. The summed E-state index contributed by atoms with van der Waals surface area (Å²) in [5.41, 5.74) is -4.17. The molecule has 15 heteroatoms. The van der Waals surface area contributed by atoms with Crippen LogP contribution in [0.5, 0.6) is 5.75 Å². The Morgan fingerprint density at radius 1 is 1.16 bits per heavy atom. The third-order valence-corrected chi connectivity index (χ3v) is 16.6. The van der Waals surface area contributed by atoms with Gasteiger partial charge in [0.2, 0.25) is 0 Å². The quantitative estimate of drug-likeness (QED) is 0.147. The standard InChI is InChI=1S/C40H55FNO11PS/c1-36(2,3)42-20-30(45)24-6-9-31(53-54(48,49)50)25(16-24)22-55-14-11-23(12-15-55)35-51-34-18-29-28-8-7-26-17-27(44)10-13-37(26,4)39(28,41)32(46)19-38(29,5)40(34,52-35)33(47)21-43/h6,9-10,13,16-17,23,28-30,32,34-35,42-43,45-46H,7-8,11-12,14-15,18-22H2,1-5H3,(H-,48,49,50)/p+1/t23?,28-,29-,30?,32-,34+,35+,37-,38-,39-,40+,55?/m0/s1. The molecule has 1 aromatic carbocycles. The molecule has 5 fully saturated rings. The minimum Gasteiger partial charge on any atom is -0.404 e. The smallest absolute Gasteiger partial charge is 0.404 e. The molecule has 12 nitrogen and oxygen atoms in total. The number of fused-ring (bicyclic) bond motifs is 7. The number of ketones is 2. The zero-order chi connectivity index (χ0) is 39.9. The van der Waals surface area contributed by atoms with Crippen LogP contribution < -0.4 is 9.84 Å². The number of carbonyl (C=O) groups excluding carboxylic acids is 2. The Labute approximate surface area is 324 Å². The molecule has 10 atom stereocenters. The van der Waals surface area contributed by atoms with Crippen molar-refractivity contribution in [1.29, 1.82) is 0 Å². The number of phosphoric acid groups is 1. The minimum atomic E-state index is -4.84. The maximum absolute atomic E-state index is 17.7. The number of ether oxygens (including phenoxy) is 2. The Morgan fingerprint density at radius 3 is 2.53 bits per heavy atom. The molecule has 2 heterocycles. The summed E-state index contributed by atoms with van der Waals surface area (Å²) in [4.78, 5) is 45.4. The second-order valence-corrected chi connectivity index (χ2v) is 21.5. The first-order valence-electron chi connectivity index (χ1n) is 19.4. The molecular formula is C40H56FNO11PS+. The lowest BCUT2D eigenvalue weighted by Crippen LogP contribution is -2.69. The van der Waals surface area contributed by atoms with Gasteiger partial charge in [0.05, 0.1) is 18.3 Å².